The standard InChI is InChI=1S/C37H46O2.C24H28O2/c1-4-10-29-14-18-34(19-15-29)36-25-24-35(27-28(36)3)33-22-20-32(21-23-33)31-16-12-30(13-17-31)11-8-6-7-9-26-39-37(38)5-2;1-3-5-18-6-8-19(9-7-18)20-10-12-21(13-11-20)22-14-16-23(17-15-22)26-24(25)4-2/h5,12-19,24-25,27,32-33H,2,4,6-11,20-23,26H2,1,3H3;4,6-9,14-17,20-21H,2-3,5,10-13H2,1H3. The van der Waals surface area contributed by atoms with Crippen LogP contribution in [0.3, 0.4) is 0 Å². The molecule has 2 aliphatic rings. The normalized spacial score (nSPS) is 18.1. The third-order valence-corrected chi connectivity index (χ3v) is 13.9. The average molecular weight is 871 g/mol. The third kappa shape index (κ3) is 15.0. The second-order valence-corrected chi connectivity index (χ2v) is 18.6. The molecule has 4 nitrogen and oxygen atoms in total. The number of hydrogen-bond donors (Lipinski definition) is 0. The maximum absolute atomic E-state index is 11.3. The summed E-state index contributed by atoms with van der Waals surface area (Å²) in [4.78, 5) is 22.3. The number of benzene rings is 5. The lowest BCUT2D eigenvalue weighted by Crippen LogP contribution is -2.12. The number of carbonyl (C=O) groups excluding carboxylic acids is 2. The molecular weight excluding hydrogens is 797 g/mol. The number of ether oxygens (including phenoxy) is 2. The van der Waals surface area contributed by atoms with Crippen LogP contribution in [-0.2, 0) is 33.6 Å². The number of aryl methyl sites for hydroxylation is 4. The number of carbonyl (C=O) groups is 2. The van der Waals surface area contributed by atoms with Crippen LogP contribution in [0.15, 0.2) is 141 Å². The number of unbranched alkanes of at least 4 members (excludes halogenated alkanes) is 3. The van der Waals surface area contributed by atoms with Crippen molar-refractivity contribution in [1.29, 1.82) is 0 Å². The summed E-state index contributed by atoms with van der Waals surface area (Å²) in [5, 5.41) is 0. The third-order valence-electron chi connectivity index (χ3n) is 13.9. The van der Waals surface area contributed by atoms with Gasteiger partial charge in [-0.15, -0.1) is 0 Å². The van der Waals surface area contributed by atoms with Gasteiger partial charge in [0.05, 0.1) is 6.61 Å². The van der Waals surface area contributed by atoms with Crippen LogP contribution < -0.4 is 4.74 Å². The molecule has 0 heterocycles. The minimum absolute atomic E-state index is 0.322. The Balaban J connectivity index is 0.000000233. The van der Waals surface area contributed by atoms with E-state index in [1.165, 1.54) is 151 Å². The van der Waals surface area contributed by atoms with Crippen molar-refractivity contribution in [2.75, 3.05) is 6.61 Å². The molecule has 342 valence electrons. The number of rotatable bonds is 19. The van der Waals surface area contributed by atoms with Crippen LogP contribution >= 0.6 is 0 Å². The predicted molar refractivity (Wildman–Crippen MR) is 271 cm³/mol. The molecule has 2 aliphatic carbocycles. The molecule has 0 saturated heterocycles. The van der Waals surface area contributed by atoms with Crippen LogP contribution in [-0.4, -0.2) is 18.5 Å². The van der Waals surface area contributed by atoms with E-state index in [1.54, 1.807) is 0 Å². The lowest BCUT2D eigenvalue weighted by molar-refractivity contribution is -0.137. The minimum atomic E-state index is -0.414. The molecule has 0 aliphatic heterocycles. The van der Waals surface area contributed by atoms with Gasteiger partial charge in [0.1, 0.15) is 5.75 Å². The van der Waals surface area contributed by atoms with Crippen molar-refractivity contribution in [3.8, 4) is 16.9 Å². The van der Waals surface area contributed by atoms with Gasteiger partial charge in [0, 0.05) is 12.2 Å². The summed E-state index contributed by atoms with van der Waals surface area (Å²) in [6, 6.07) is 43.0. The topological polar surface area (TPSA) is 52.6 Å². The SMILES string of the molecule is C=CC(=O)OCCCCCCc1ccc(C2CCC(c3ccc(-c4ccc(CCC)cc4)c(C)c3)CC2)cc1.C=CC(=O)Oc1ccc(C2CCC(c3ccc(CCC)cc3)CC2)cc1. The van der Waals surface area contributed by atoms with Gasteiger partial charge in [-0.05, 0) is 182 Å². The fraction of sp³-hybridized carbons (Fsp3) is 0.410. The van der Waals surface area contributed by atoms with Crippen LogP contribution in [0.1, 0.15) is 172 Å². The van der Waals surface area contributed by atoms with Crippen molar-refractivity contribution in [2.45, 2.75) is 154 Å². The number of esters is 2. The van der Waals surface area contributed by atoms with Crippen molar-refractivity contribution >= 4 is 11.9 Å². The summed E-state index contributed by atoms with van der Waals surface area (Å²) >= 11 is 0. The first kappa shape index (κ1) is 49.0. The van der Waals surface area contributed by atoms with E-state index in [0.717, 1.165) is 25.7 Å². The highest BCUT2D eigenvalue weighted by Gasteiger charge is 2.25. The van der Waals surface area contributed by atoms with Gasteiger partial charge >= 0.3 is 11.9 Å². The van der Waals surface area contributed by atoms with Gasteiger partial charge in [0.25, 0.3) is 0 Å². The Morgan fingerprint density at radius 2 is 0.923 bits per heavy atom. The van der Waals surface area contributed by atoms with E-state index in [9.17, 15) is 9.59 Å². The van der Waals surface area contributed by atoms with E-state index in [-0.39, 0.29) is 5.97 Å². The van der Waals surface area contributed by atoms with Gasteiger partial charge in [-0.1, -0.05) is 156 Å². The van der Waals surface area contributed by atoms with E-state index in [4.69, 9.17) is 9.47 Å². The molecular formula is C61H74O4. The summed E-state index contributed by atoms with van der Waals surface area (Å²) in [7, 11) is 0. The molecule has 0 spiro atoms. The molecule has 0 bridgehead atoms. The van der Waals surface area contributed by atoms with Gasteiger partial charge in [0.15, 0.2) is 0 Å². The van der Waals surface area contributed by atoms with Crippen molar-refractivity contribution in [3.05, 3.63) is 185 Å². The Morgan fingerprint density at radius 1 is 0.508 bits per heavy atom. The molecule has 4 heteroatoms. The Bertz CT molecular complexity index is 2220. The Morgan fingerprint density at radius 3 is 1.38 bits per heavy atom. The molecule has 0 N–H and O–H groups in total. The first-order chi connectivity index (χ1) is 31.8. The van der Waals surface area contributed by atoms with Gasteiger partial charge in [-0.25, -0.2) is 9.59 Å². The van der Waals surface area contributed by atoms with E-state index in [0.29, 0.717) is 36.0 Å². The molecule has 7 rings (SSSR count). The van der Waals surface area contributed by atoms with E-state index < -0.39 is 5.97 Å². The Hall–Kier alpha value is -5.48. The van der Waals surface area contributed by atoms with Crippen molar-refractivity contribution in [2.24, 2.45) is 0 Å². The minimum Gasteiger partial charge on any atom is -0.463 e. The molecule has 2 fully saturated rings. The highest BCUT2D eigenvalue weighted by atomic mass is 16.5. The zero-order valence-corrected chi connectivity index (χ0v) is 39.7. The van der Waals surface area contributed by atoms with Crippen LogP contribution in [0.4, 0.5) is 0 Å². The Kier molecular flexibility index (Phi) is 19.5. The second kappa shape index (κ2) is 25.9. The van der Waals surface area contributed by atoms with E-state index in [2.05, 4.69) is 137 Å². The summed E-state index contributed by atoms with van der Waals surface area (Å²) in [5.41, 5.74) is 14.3. The van der Waals surface area contributed by atoms with Crippen molar-refractivity contribution < 1.29 is 19.1 Å². The summed E-state index contributed by atoms with van der Waals surface area (Å²) in [6.45, 7) is 14.1. The van der Waals surface area contributed by atoms with Gasteiger partial charge in [-0.3, -0.25) is 0 Å². The zero-order valence-electron chi connectivity index (χ0n) is 39.7. The van der Waals surface area contributed by atoms with Crippen molar-refractivity contribution in [1.82, 2.24) is 0 Å². The molecule has 0 atom stereocenters. The molecule has 5 aromatic carbocycles. The van der Waals surface area contributed by atoms with Gasteiger partial charge in [0.2, 0.25) is 0 Å². The van der Waals surface area contributed by atoms with Crippen LogP contribution in [0.2, 0.25) is 0 Å². The van der Waals surface area contributed by atoms with E-state index in [1.807, 2.05) is 12.1 Å². The fourth-order valence-electron chi connectivity index (χ4n) is 10.1. The largest absolute Gasteiger partial charge is 0.463 e. The number of hydrogen-bond acceptors (Lipinski definition) is 4. The van der Waals surface area contributed by atoms with Crippen LogP contribution in [0, 0.1) is 6.92 Å². The van der Waals surface area contributed by atoms with Crippen molar-refractivity contribution in [3.63, 3.8) is 0 Å². The lowest BCUT2D eigenvalue weighted by Gasteiger charge is -2.29. The zero-order chi connectivity index (χ0) is 45.8. The lowest BCUT2D eigenvalue weighted by atomic mass is 9.75. The summed E-state index contributed by atoms with van der Waals surface area (Å²) in [5.74, 6) is 2.51. The highest BCUT2D eigenvalue weighted by molar-refractivity contribution is 5.83. The first-order valence-electron chi connectivity index (χ1n) is 24.9. The smallest absolute Gasteiger partial charge is 0.335 e. The fourth-order valence-corrected chi connectivity index (χ4v) is 10.1. The Labute approximate surface area is 391 Å². The van der Waals surface area contributed by atoms with Gasteiger partial charge in [-0.2, -0.15) is 0 Å². The highest BCUT2D eigenvalue weighted by Crippen LogP contribution is 2.42. The van der Waals surface area contributed by atoms with E-state index >= 15 is 0 Å². The molecule has 0 unspecified atom stereocenters. The van der Waals surface area contributed by atoms with Crippen LogP contribution in [0.5, 0.6) is 5.75 Å². The van der Waals surface area contributed by atoms with Crippen LogP contribution in [0.25, 0.3) is 11.1 Å². The summed E-state index contributed by atoms with van der Waals surface area (Å²) in [6.07, 6.45) is 22.7. The predicted octanol–water partition coefficient (Wildman–Crippen LogP) is 16.1. The monoisotopic (exact) mass is 871 g/mol. The average Bonchev–Trinajstić information content (AvgIpc) is 3.35. The van der Waals surface area contributed by atoms with Gasteiger partial charge < -0.3 is 9.47 Å². The maximum atomic E-state index is 11.3. The molecule has 0 amide bonds. The summed E-state index contributed by atoms with van der Waals surface area (Å²) < 4.78 is 10.2. The maximum Gasteiger partial charge on any atom is 0.335 e. The molecule has 0 aromatic heterocycles. The first-order valence-corrected chi connectivity index (χ1v) is 24.9. The quantitative estimate of drug-likeness (QED) is 0.0359. The molecule has 65 heavy (non-hydrogen) atoms. The molecule has 2 saturated carbocycles. The molecule has 5 aromatic rings. The second-order valence-electron chi connectivity index (χ2n) is 18.6. The molecule has 0 radical (unpaired) electrons.